The van der Waals surface area contributed by atoms with Gasteiger partial charge in [-0.05, 0) is 19.1 Å². The van der Waals surface area contributed by atoms with E-state index in [1.54, 1.807) is 12.3 Å². The van der Waals surface area contributed by atoms with E-state index < -0.39 is 0 Å². The molecule has 0 unspecified atom stereocenters. The zero-order valence-electron chi connectivity index (χ0n) is 14.3. The van der Waals surface area contributed by atoms with E-state index in [9.17, 15) is 4.79 Å². The second-order valence-corrected chi connectivity index (χ2v) is 5.49. The summed E-state index contributed by atoms with van der Waals surface area (Å²) in [5.41, 5.74) is 7.25. The summed E-state index contributed by atoms with van der Waals surface area (Å²) in [6, 6.07) is 3.40. The van der Waals surface area contributed by atoms with Crippen LogP contribution in [0.4, 0.5) is 5.95 Å². The van der Waals surface area contributed by atoms with Crippen molar-refractivity contribution in [1.29, 1.82) is 0 Å². The number of aromatic amines is 1. The second kappa shape index (κ2) is 7.48. The van der Waals surface area contributed by atoms with E-state index in [-0.39, 0.29) is 23.7 Å². The molecule has 1 atom stereocenters. The highest BCUT2D eigenvalue weighted by Crippen LogP contribution is 2.13. The molecule has 3 heterocycles. The Morgan fingerprint density at radius 2 is 2.27 bits per heavy atom. The van der Waals surface area contributed by atoms with E-state index in [0.717, 1.165) is 0 Å². The van der Waals surface area contributed by atoms with E-state index >= 15 is 0 Å². The van der Waals surface area contributed by atoms with Gasteiger partial charge in [0.1, 0.15) is 5.56 Å². The van der Waals surface area contributed by atoms with E-state index in [1.807, 2.05) is 13.0 Å². The first-order chi connectivity index (χ1) is 12.6. The van der Waals surface area contributed by atoms with Crippen LogP contribution < -0.4 is 15.8 Å². The molecular weight excluding hydrogens is 334 g/mol. The number of nitrogens with zero attached hydrogens (tertiary/aromatic N) is 4. The third kappa shape index (κ3) is 3.87. The molecule has 1 amide bonds. The lowest BCUT2D eigenvalue weighted by atomic mass is 10.2. The quantitative estimate of drug-likeness (QED) is 0.595. The molecule has 0 aliphatic carbocycles. The van der Waals surface area contributed by atoms with E-state index in [1.165, 1.54) is 13.3 Å². The van der Waals surface area contributed by atoms with Gasteiger partial charge in [0.15, 0.2) is 11.5 Å². The molecule has 3 aromatic rings. The normalized spacial score (nSPS) is 11.5. The number of hydrogen-bond donors (Lipinski definition) is 3. The Bertz CT molecular complexity index is 970. The van der Waals surface area contributed by atoms with Crippen LogP contribution in [0.25, 0.3) is 11.2 Å². The lowest BCUT2D eigenvalue weighted by Gasteiger charge is -2.09. The van der Waals surface area contributed by atoms with Crippen LogP contribution in [0.2, 0.25) is 0 Å². The number of pyridine rings is 1. The van der Waals surface area contributed by atoms with Crippen molar-refractivity contribution >= 4 is 23.0 Å². The number of ether oxygens (including phenoxy) is 1. The third-order valence-corrected chi connectivity index (χ3v) is 3.45. The Morgan fingerprint density at radius 3 is 3.04 bits per heavy atom. The monoisotopic (exact) mass is 351 g/mol. The number of hydrogen-bond acceptors (Lipinski definition) is 7. The van der Waals surface area contributed by atoms with Gasteiger partial charge in [-0.15, -0.1) is 0 Å². The van der Waals surface area contributed by atoms with Gasteiger partial charge in [0.25, 0.3) is 5.91 Å². The lowest BCUT2D eigenvalue weighted by Crippen LogP contribution is -2.32. The lowest BCUT2D eigenvalue weighted by molar-refractivity contribution is 0.0931. The highest BCUT2D eigenvalue weighted by Gasteiger charge is 2.14. The maximum absolute atomic E-state index is 12.3. The first-order valence-electron chi connectivity index (χ1n) is 7.84. The van der Waals surface area contributed by atoms with Gasteiger partial charge in [-0.25, -0.2) is 15.0 Å². The van der Waals surface area contributed by atoms with Crippen LogP contribution >= 0.6 is 0 Å². The number of fused-ring (bicyclic) bond motifs is 1. The summed E-state index contributed by atoms with van der Waals surface area (Å²) >= 11 is 0. The van der Waals surface area contributed by atoms with Gasteiger partial charge in [0, 0.05) is 18.7 Å². The molecule has 0 saturated heterocycles. The van der Waals surface area contributed by atoms with Crippen molar-refractivity contribution in [3.8, 4) is 17.7 Å². The molecule has 0 bridgehead atoms. The van der Waals surface area contributed by atoms with Crippen molar-refractivity contribution in [2.24, 2.45) is 0 Å². The minimum atomic E-state index is -0.314. The van der Waals surface area contributed by atoms with Crippen LogP contribution in [-0.2, 0) is 0 Å². The molecule has 3 rings (SSSR count). The van der Waals surface area contributed by atoms with Crippen LogP contribution in [0, 0.1) is 11.8 Å². The standard InChI is InChI=1S/C17H17N7O2/c1-10(5-3-6-11-9-20-17(18)24-16(11)26-2)21-15(25)14-22-12-7-4-8-19-13(12)23-14/h4,7-10H,5H2,1-2H3,(H,21,25)(H2,18,20,24)(H,19,22,23)/t10-/m0/s1. The summed E-state index contributed by atoms with van der Waals surface area (Å²) in [4.78, 5) is 31.3. The van der Waals surface area contributed by atoms with Crippen molar-refractivity contribution in [2.75, 3.05) is 12.8 Å². The van der Waals surface area contributed by atoms with Crippen molar-refractivity contribution in [2.45, 2.75) is 19.4 Å². The molecule has 0 aliphatic heterocycles. The number of H-pyrrole nitrogens is 1. The summed E-state index contributed by atoms with van der Waals surface area (Å²) in [5.74, 6) is 6.22. The maximum atomic E-state index is 12.3. The summed E-state index contributed by atoms with van der Waals surface area (Å²) < 4.78 is 5.11. The molecule has 0 radical (unpaired) electrons. The Labute approximate surface area is 149 Å². The van der Waals surface area contributed by atoms with Crippen LogP contribution in [0.3, 0.4) is 0 Å². The van der Waals surface area contributed by atoms with Crippen molar-refractivity contribution < 1.29 is 9.53 Å². The van der Waals surface area contributed by atoms with Gasteiger partial charge >= 0.3 is 0 Å². The van der Waals surface area contributed by atoms with E-state index in [0.29, 0.717) is 29.0 Å². The van der Waals surface area contributed by atoms with Gasteiger partial charge in [-0.3, -0.25) is 4.79 Å². The molecule has 0 aromatic carbocycles. The smallest absolute Gasteiger partial charge is 0.287 e. The molecule has 26 heavy (non-hydrogen) atoms. The van der Waals surface area contributed by atoms with Gasteiger partial charge < -0.3 is 20.8 Å². The number of imidazole rings is 1. The third-order valence-electron chi connectivity index (χ3n) is 3.45. The zero-order chi connectivity index (χ0) is 18.5. The Balaban J connectivity index is 1.62. The molecule has 0 saturated carbocycles. The van der Waals surface area contributed by atoms with Crippen molar-refractivity contribution in [1.82, 2.24) is 30.2 Å². The number of rotatable bonds is 4. The fourth-order valence-corrected chi connectivity index (χ4v) is 2.22. The molecule has 0 aliphatic rings. The van der Waals surface area contributed by atoms with E-state index in [4.69, 9.17) is 10.5 Å². The Morgan fingerprint density at radius 1 is 1.42 bits per heavy atom. The topological polar surface area (TPSA) is 132 Å². The summed E-state index contributed by atoms with van der Waals surface area (Å²) in [6.07, 6.45) is 3.55. The van der Waals surface area contributed by atoms with Crippen LogP contribution in [-0.4, -0.2) is 44.0 Å². The number of aromatic nitrogens is 5. The molecule has 9 nitrogen and oxygen atoms in total. The highest BCUT2D eigenvalue weighted by molar-refractivity contribution is 5.93. The second-order valence-electron chi connectivity index (χ2n) is 5.49. The number of amides is 1. The van der Waals surface area contributed by atoms with Gasteiger partial charge in [-0.2, -0.15) is 4.98 Å². The SMILES string of the molecule is COc1nc(N)ncc1C#CC[C@H](C)NC(=O)c1nc2ncccc2[nH]1. The first-order valence-corrected chi connectivity index (χ1v) is 7.84. The van der Waals surface area contributed by atoms with E-state index in [2.05, 4.69) is 42.1 Å². The van der Waals surface area contributed by atoms with Gasteiger partial charge in [0.05, 0.1) is 18.8 Å². The molecule has 132 valence electrons. The fourth-order valence-electron chi connectivity index (χ4n) is 2.22. The Hall–Kier alpha value is -3.67. The molecule has 4 N–H and O–H groups in total. The minimum absolute atomic E-state index is 0.119. The van der Waals surface area contributed by atoms with Gasteiger partial charge in [-0.1, -0.05) is 11.8 Å². The zero-order valence-corrected chi connectivity index (χ0v) is 14.3. The number of anilines is 1. The molecule has 3 aromatic heterocycles. The number of nitrogens with one attached hydrogen (secondary N) is 2. The number of methoxy groups -OCH3 is 1. The number of carbonyl (C=O) groups is 1. The maximum Gasteiger partial charge on any atom is 0.287 e. The average molecular weight is 351 g/mol. The van der Waals surface area contributed by atoms with Crippen LogP contribution in [0.5, 0.6) is 5.88 Å². The van der Waals surface area contributed by atoms with Crippen LogP contribution in [0.1, 0.15) is 29.5 Å². The molecule has 0 fully saturated rings. The number of carbonyl (C=O) groups excluding carboxylic acids is 1. The Kier molecular flexibility index (Phi) is 4.94. The van der Waals surface area contributed by atoms with Crippen LogP contribution in [0.15, 0.2) is 24.5 Å². The van der Waals surface area contributed by atoms with Gasteiger partial charge in [0.2, 0.25) is 11.8 Å². The highest BCUT2D eigenvalue weighted by atomic mass is 16.5. The molecular formula is C17H17N7O2. The summed E-state index contributed by atoms with van der Waals surface area (Å²) in [6.45, 7) is 1.85. The van der Waals surface area contributed by atoms with Crippen molar-refractivity contribution in [3.05, 3.63) is 35.9 Å². The number of nitrogen functional groups attached to an aromatic ring is 1. The summed E-state index contributed by atoms with van der Waals surface area (Å²) in [7, 11) is 1.48. The predicted molar refractivity (Wildman–Crippen MR) is 95.3 cm³/mol. The van der Waals surface area contributed by atoms with Crippen molar-refractivity contribution in [3.63, 3.8) is 0 Å². The summed E-state index contributed by atoms with van der Waals surface area (Å²) in [5, 5.41) is 2.84. The largest absolute Gasteiger partial charge is 0.480 e. The average Bonchev–Trinajstić information content (AvgIpc) is 3.07. The predicted octanol–water partition coefficient (Wildman–Crippen LogP) is 0.899. The first kappa shape index (κ1) is 17.2. The minimum Gasteiger partial charge on any atom is -0.480 e. The molecule has 9 heteroatoms. The number of nitrogens with two attached hydrogens (primary N) is 1. The fraction of sp³-hybridized carbons (Fsp3) is 0.235. The molecule has 0 spiro atoms.